The molecule has 0 bridgehead atoms. The van der Waals surface area contributed by atoms with Crippen molar-refractivity contribution in [1.29, 1.82) is 0 Å². The third kappa shape index (κ3) is 9.69. The Morgan fingerprint density at radius 2 is 1.92 bits per heavy atom. The van der Waals surface area contributed by atoms with Gasteiger partial charge < -0.3 is 15.0 Å². The van der Waals surface area contributed by atoms with Gasteiger partial charge in [-0.3, -0.25) is 4.39 Å². The van der Waals surface area contributed by atoms with E-state index < -0.39 is 0 Å². The monoisotopic (exact) mass is 353 g/mol. The maximum atomic E-state index is 11.1. The van der Waals surface area contributed by atoms with Crippen molar-refractivity contribution in [3.63, 3.8) is 0 Å². The van der Waals surface area contributed by atoms with Gasteiger partial charge >= 0.3 is 6.09 Å². The summed E-state index contributed by atoms with van der Waals surface area (Å²) in [7, 11) is 0.500. The highest BCUT2D eigenvalue weighted by atomic mass is 19.1. The van der Waals surface area contributed by atoms with Crippen molar-refractivity contribution in [2.75, 3.05) is 7.18 Å². The number of H-pyrrole nitrogens is 1. The standard InChI is InChI=1S/C9H17NO2.C7H6N2.C2H6.CH3F/c1-9(2,3)12-8(11)10-7-5-4-6-7;1-2-6-3-5-9-7(6)8-4-1;2*1-2/h7H,4-6H2,1-3H3,(H,10,11);1-5H,(H,8,9);1-2H3;1H3. The number of fused-ring (bicyclic) bond motifs is 1. The number of ether oxygens (including phenoxy) is 1. The number of halogens is 1. The Balaban J connectivity index is 0.000000392. The van der Waals surface area contributed by atoms with E-state index in [9.17, 15) is 9.18 Å². The van der Waals surface area contributed by atoms with Crippen LogP contribution >= 0.6 is 0 Å². The molecule has 0 saturated heterocycles. The summed E-state index contributed by atoms with van der Waals surface area (Å²) in [5.74, 6) is 0. The van der Waals surface area contributed by atoms with Crippen LogP contribution in [-0.4, -0.2) is 34.9 Å². The molecule has 0 radical (unpaired) electrons. The van der Waals surface area contributed by atoms with E-state index in [1.54, 1.807) is 6.20 Å². The third-order valence-corrected chi connectivity index (χ3v) is 3.15. The molecular weight excluding hydrogens is 321 g/mol. The minimum Gasteiger partial charge on any atom is -0.444 e. The summed E-state index contributed by atoms with van der Waals surface area (Å²) in [4.78, 5) is 18.2. The molecule has 2 aromatic rings. The van der Waals surface area contributed by atoms with E-state index in [1.165, 1.54) is 6.42 Å². The Kier molecular flexibility index (Phi) is 11.2. The largest absolute Gasteiger partial charge is 0.444 e. The molecule has 2 N–H and O–H groups in total. The average molecular weight is 353 g/mol. The second kappa shape index (κ2) is 12.3. The highest BCUT2D eigenvalue weighted by Crippen LogP contribution is 2.18. The molecule has 2 aromatic heterocycles. The van der Waals surface area contributed by atoms with Gasteiger partial charge in [0.1, 0.15) is 11.2 Å². The van der Waals surface area contributed by atoms with Gasteiger partial charge in [-0.25, -0.2) is 9.78 Å². The zero-order valence-electron chi connectivity index (χ0n) is 16.2. The van der Waals surface area contributed by atoms with Gasteiger partial charge in [0.15, 0.2) is 0 Å². The molecule has 2 heterocycles. The smallest absolute Gasteiger partial charge is 0.407 e. The third-order valence-electron chi connectivity index (χ3n) is 3.15. The van der Waals surface area contributed by atoms with Crippen LogP contribution in [0.1, 0.15) is 53.9 Å². The average Bonchev–Trinajstić information content (AvgIpc) is 3.02. The van der Waals surface area contributed by atoms with Gasteiger partial charge in [0, 0.05) is 23.8 Å². The summed E-state index contributed by atoms with van der Waals surface area (Å²) < 4.78 is 14.6. The van der Waals surface area contributed by atoms with Crippen LogP contribution < -0.4 is 5.32 Å². The lowest BCUT2D eigenvalue weighted by atomic mass is 9.93. The fourth-order valence-corrected chi connectivity index (χ4v) is 1.91. The summed E-state index contributed by atoms with van der Waals surface area (Å²) >= 11 is 0. The van der Waals surface area contributed by atoms with Gasteiger partial charge in [-0.05, 0) is 58.2 Å². The van der Waals surface area contributed by atoms with Crippen LogP contribution in [0.2, 0.25) is 0 Å². The number of alkyl halides is 1. The quantitative estimate of drug-likeness (QED) is 0.737. The molecule has 0 atom stereocenters. The molecule has 0 aromatic carbocycles. The Hall–Kier alpha value is -2.11. The number of aromatic amines is 1. The number of pyridine rings is 1. The highest BCUT2D eigenvalue weighted by molar-refractivity contribution is 5.74. The fourth-order valence-electron chi connectivity index (χ4n) is 1.91. The first-order valence-electron chi connectivity index (χ1n) is 8.69. The van der Waals surface area contributed by atoms with Crippen LogP contribution in [-0.2, 0) is 4.74 Å². The van der Waals surface area contributed by atoms with Crippen LogP contribution in [0, 0.1) is 0 Å². The van der Waals surface area contributed by atoms with Gasteiger partial charge in [-0.1, -0.05) is 13.8 Å². The molecule has 5 nitrogen and oxygen atoms in total. The van der Waals surface area contributed by atoms with Gasteiger partial charge in [0.05, 0.1) is 7.18 Å². The number of aromatic nitrogens is 2. The van der Waals surface area contributed by atoms with E-state index in [0.29, 0.717) is 13.2 Å². The minimum absolute atomic E-state index is 0.285. The van der Waals surface area contributed by atoms with Gasteiger partial charge in [-0.2, -0.15) is 0 Å². The van der Waals surface area contributed by atoms with E-state index in [4.69, 9.17) is 4.74 Å². The number of carbonyl (C=O) groups is 1. The van der Waals surface area contributed by atoms with Crippen molar-refractivity contribution in [2.24, 2.45) is 0 Å². The lowest BCUT2D eigenvalue weighted by Crippen LogP contribution is -2.42. The molecular formula is C19H32FN3O2. The number of carbonyl (C=O) groups excluding carboxylic acids is 1. The second-order valence-corrected chi connectivity index (χ2v) is 6.19. The summed E-state index contributed by atoms with van der Waals surface area (Å²) in [5.41, 5.74) is 0.575. The molecule has 0 spiro atoms. The van der Waals surface area contributed by atoms with E-state index in [2.05, 4.69) is 15.3 Å². The van der Waals surface area contributed by atoms with Crippen molar-refractivity contribution in [2.45, 2.75) is 65.5 Å². The fraction of sp³-hybridized carbons (Fsp3) is 0.579. The number of nitrogens with zero attached hydrogens (tertiary/aromatic N) is 1. The number of alkyl carbamates (subject to hydrolysis) is 1. The molecule has 0 unspecified atom stereocenters. The van der Waals surface area contributed by atoms with Crippen molar-refractivity contribution < 1.29 is 13.9 Å². The summed E-state index contributed by atoms with van der Waals surface area (Å²) in [6, 6.07) is 6.32. The van der Waals surface area contributed by atoms with E-state index in [0.717, 1.165) is 23.9 Å². The first-order chi connectivity index (χ1) is 11.9. The Bertz CT molecular complexity index is 559. The first kappa shape index (κ1) is 22.9. The zero-order valence-corrected chi connectivity index (χ0v) is 16.2. The summed E-state index contributed by atoms with van der Waals surface area (Å²) in [5, 5.41) is 3.98. The summed E-state index contributed by atoms with van der Waals surface area (Å²) in [6.07, 6.45) is 6.79. The minimum atomic E-state index is -0.381. The Morgan fingerprint density at radius 3 is 2.40 bits per heavy atom. The molecule has 1 aliphatic carbocycles. The van der Waals surface area contributed by atoms with Crippen LogP contribution in [0.3, 0.4) is 0 Å². The topological polar surface area (TPSA) is 67.0 Å². The van der Waals surface area contributed by atoms with Crippen LogP contribution in [0.4, 0.5) is 9.18 Å². The molecule has 142 valence electrons. The number of nitrogens with one attached hydrogen (secondary N) is 2. The predicted molar refractivity (Wildman–Crippen MR) is 101 cm³/mol. The van der Waals surface area contributed by atoms with Crippen LogP contribution in [0.15, 0.2) is 30.6 Å². The van der Waals surface area contributed by atoms with Crippen LogP contribution in [0.25, 0.3) is 11.0 Å². The molecule has 1 aliphatic rings. The first-order valence-corrected chi connectivity index (χ1v) is 8.69. The lowest BCUT2D eigenvalue weighted by Gasteiger charge is -2.28. The van der Waals surface area contributed by atoms with E-state index in [-0.39, 0.29) is 11.7 Å². The van der Waals surface area contributed by atoms with Gasteiger partial charge in [0.2, 0.25) is 0 Å². The predicted octanol–water partition coefficient (Wildman–Crippen LogP) is 5.24. The molecule has 1 fully saturated rings. The van der Waals surface area contributed by atoms with Crippen molar-refractivity contribution in [3.05, 3.63) is 30.6 Å². The second-order valence-electron chi connectivity index (χ2n) is 6.19. The molecule has 6 heteroatoms. The SMILES string of the molecule is CC.CC(C)(C)OC(=O)NC1CCC1.CF.c1cnc2[nH]ccc2c1. The number of hydrogen-bond donors (Lipinski definition) is 2. The number of rotatable bonds is 1. The lowest BCUT2D eigenvalue weighted by molar-refractivity contribution is 0.0480. The summed E-state index contributed by atoms with van der Waals surface area (Å²) in [6.45, 7) is 9.61. The Labute approximate surface area is 150 Å². The Morgan fingerprint density at radius 1 is 1.28 bits per heavy atom. The maximum absolute atomic E-state index is 11.1. The normalized spacial score (nSPS) is 12.9. The number of hydrogen-bond acceptors (Lipinski definition) is 3. The van der Waals surface area contributed by atoms with Crippen LogP contribution in [0.5, 0.6) is 0 Å². The molecule has 1 amide bonds. The molecule has 3 rings (SSSR count). The maximum Gasteiger partial charge on any atom is 0.407 e. The molecule has 1 saturated carbocycles. The van der Waals surface area contributed by atoms with Gasteiger partial charge in [-0.15, -0.1) is 0 Å². The number of amides is 1. The van der Waals surface area contributed by atoms with E-state index >= 15 is 0 Å². The molecule has 25 heavy (non-hydrogen) atoms. The zero-order chi connectivity index (χ0) is 19.3. The van der Waals surface area contributed by atoms with E-state index in [1.807, 2.05) is 59.0 Å². The van der Waals surface area contributed by atoms with Crippen molar-refractivity contribution in [1.82, 2.24) is 15.3 Å². The highest BCUT2D eigenvalue weighted by Gasteiger charge is 2.22. The van der Waals surface area contributed by atoms with Crippen molar-refractivity contribution in [3.8, 4) is 0 Å². The van der Waals surface area contributed by atoms with Gasteiger partial charge in [0.25, 0.3) is 0 Å². The molecule has 0 aliphatic heterocycles. The van der Waals surface area contributed by atoms with Crippen molar-refractivity contribution >= 4 is 17.1 Å².